The highest BCUT2D eigenvalue weighted by molar-refractivity contribution is 9.10. The van der Waals surface area contributed by atoms with E-state index in [1.807, 2.05) is 30.3 Å². The molecular formula is C7H6BrClO. The molecule has 0 aliphatic heterocycles. The maximum atomic E-state index is 5.51. The molecule has 0 N–H and O–H groups in total. The fraction of sp³-hybridized carbons (Fsp3) is 0.143. The maximum absolute atomic E-state index is 5.51. The fourth-order valence-corrected chi connectivity index (χ4v) is 0.921. The molecule has 1 rings (SSSR count). The highest BCUT2D eigenvalue weighted by atomic mass is 79.9. The van der Waals surface area contributed by atoms with Gasteiger partial charge < -0.3 is 4.74 Å². The zero-order chi connectivity index (χ0) is 7.40. The van der Waals surface area contributed by atoms with Crippen LogP contribution in [0.1, 0.15) is 0 Å². The summed E-state index contributed by atoms with van der Waals surface area (Å²) in [5.41, 5.74) is 0. The Morgan fingerprint density at radius 3 is 2.40 bits per heavy atom. The van der Waals surface area contributed by atoms with Crippen LogP contribution >= 0.6 is 27.5 Å². The van der Waals surface area contributed by atoms with Crippen molar-refractivity contribution in [2.75, 3.05) is 0 Å². The van der Waals surface area contributed by atoms with Crippen LogP contribution in [0.2, 0.25) is 0 Å². The first-order chi connectivity index (χ1) is 4.79. The van der Waals surface area contributed by atoms with Gasteiger partial charge in [-0.3, -0.25) is 0 Å². The molecule has 0 radical (unpaired) electrons. The second kappa shape index (κ2) is 3.84. The van der Waals surface area contributed by atoms with Gasteiger partial charge in [-0.15, -0.1) is 0 Å². The molecule has 10 heavy (non-hydrogen) atoms. The third-order valence-electron chi connectivity index (χ3n) is 0.968. The Morgan fingerprint density at radius 1 is 1.30 bits per heavy atom. The molecule has 0 spiro atoms. The average molecular weight is 221 g/mol. The molecule has 0 aliphatic rings. The van der Waals surface area contributed by atoms with Crippen molar-refractivity contribution in [2.45, 2.75) is 4.47 Å². The number of halogens is 2. The zero-order valence-corrected chi connectivity index (χ0v) is 7.47. The van der Waals surface area contributed by atoms with Crippen LogP contribution < -0.4 is 4.74 Å². The molecule has 1 nitrogen and oxygen atoms in total. The van der Waals surface area contributed by atoms with E-state index in [9.17, 15) is 0 Å². The number of benzene rings is 1. The minimum atomic E-state index is -0.449. The third-order valence-corrected chi connectivity index (χ3v) is 1.24. The first-order valence-corrected chi connectivity index (χ1v) is 4.14. The Hall–Kier alpha value is -0.210. The molecule has 0 fully saturated rings. The van der Waals surface area contributed by atoms with Gasteiger partial charge in [-0.2, -0.15) is 0 Å². The number of hydrogen-bond donors (Lipinski definition) is 0. The number of alkyl halides is 2. The van der Waals surface area contributed by atoms with Crippen molar-refractivity contribution in [3.05, 3.63) is 30.3 Å². The van der Waals surface area contributed by atoms with E-state index in [-0.39, 0.29) is 0 Å². The smallest absolute Gasteiger partial charge is 0.227 e. The molecule has 1 unspecified atom stereocenters. The molecule has 1 atom stereocenters. The highest BCUT2D eigenvalue weighted by Crippen LogP contribution is 2.15. The van der Waals surface area contributed by atoms with Crippen LogP contribution in [0.25, 0.3) is 0 Å². The fourth-order valence-electron chi connectivity index (χ4n) is 0.602. The van der Waals surface area contributed by atoms with Crippen LogP contribution in [0, 0.1) is 0 Å². The minimum Gasteiger partial charge on any atom is -0.465 e. The van der Waals surface area contributed by atoms with E-state index in [0.717, 1.165) is 5.75 Å². The summed E-state index contributed by atoms with van der Waals surface area (Å²) in [7, 11) is 0. The molecule has 0 heterocycles. The van der Waals surface area contributed by atoms with Gasteiger partial charge in [0.05, 0.1) is 0 Å². The molecule has 0 amide bonds. The largest absolute Gasteiger partial charge is 0.465 e. The second-order valence-electron chi connectivity index (χ2n) is 1.69. The lowest BCUT2D eigenvalue weighted by Crippen LogP contribution is -1.97. The summed E-state index contributed by atoms with van der Waals surface area (Å²) < 4.78 is 4.65. The second-order valence-corrected chi connectivity index (χ2v) is 3.45. The lowest BCUT2D eigenvalue weighted by molar-refractivity contribution is 0.365. The van der Waals surface area contributed by atoms with E-state index in [4.69, 9.17) is 16.3 Å². The SMILES string of the molecule is ClC(Br)Oc1ccccc1. The topological polar surface area (TPSA) is 9.23 Å². The summed E-state index contributed by atoms with van der Waals surface area (Å²) in [6.45, 7) is 0. The van der Waals surface area contributed by atoms with Crippen molar-refractivity contribution in [3.8, 4) is 5.75 Å². The monoisotopic (exact) mass is 220 g/mol. The quantitative estimate of drug-likeness (QED) is 0.698. The predicted octanol–water partition coefficient (Wildman–Crippen LogP) is 2.98. The molecule has 0 aromatic heterocycles. The van der Waals surface area contributed by atoms with Crippen LogP contribution in [0.5, 0.6) is 5.75 Å². The summed E-state index contributed by atoms with van der Waals surface area (Å²) in [4.78, 5) is 0. The van der Waals surface area contributed by atoms with Gasteiger partial charge in [-0.05, 0) is 28.1 Å². The van der Waals surface area contributed by atoms with Gasteiger partial charge in [0.15, 0.2) is 0 Å². The van der Waals surface area contributed by atoms with Crippen molar-refractivity contribution >= 4 is 27.5 Å². The molecular weight excluding hydrogens is 215 g/mol. The van der Waals surface area contributed by atoms with Crippen LogP contribution in [0.3, 0.4) is 0 Å². The molecule has 1 aromatic rings. The number of ether oxygens (including phenoxy) is 1. The summed E-state index contributed by atoms with van der Waals surface area (Å²) in [5.74, 6) is 0.763. The van der Waals surface area contributed by atoms with Crippen LogP contribution in [0.15, 0.2) is 30.3 Å². The van der Waals surface area contributed by atoms with Crippen LogP contribution in [-0.4, -0.2) is 4.47 Å². The molecule has 54 valence electrons. The third kappa shape index (κ3) is 2.58. The maximum Gasteiger partial charge on any atom is 0.227 e. The van der Waals surface area contributed by atoms with Gasteiger partial charge in [-0.1, -0.05) is 29.8 Å². The van der Waals surface area contributed by atoms with Crippen molar-refractivity contribution < 1.29 is 4.74 Å². The van der Waals surface area contributed by atoms with Gasteiger partial charge in [-0.25, -0.2) is 0 Å². The number of rotatable bonds is 2. The van der Waals surface area contributed by atoms with Gasteiger partial charge in [0, 0.05) is 0 Å². The molecule has 0 aliphatic carbocycles. The summed E-state index contributed by atoms with van der Waals surface area (Å²) >= 11 is 8.56. The Morgan fingerprint density at radius 2 is 1.90 bits per heavy atom. The standard InChI is InChI=1S/C7H6BrClO/c8-7(9)10-6-4-2-1-3-5-6/h1-5,7H. The normalized spacial score (nSPS) is 12.6. The average Bonchev–Trinajstić information content (AvgIpc) is 1.88. The van der Waals surface area contributed by atoms with E-state index in [0.29, 0.717) is 0 Å². The lowest BCUT2D eigenvalue weighted by atomic mass is 10.3. The van der Waals surface area contributed by atoms with Crippen molar-refractivity contribution in [1.82, 2.24) is 0 Å². The van der Waals surface area contributed by atoms with Gasteiger partial charge >= 0.3 is 0 Å². The molecule has 0 saturated heterocycles. The Labute approximate surface area is 73.1 Å². The van der Waals surface area contributed by atoms with Gasteiger partial charge in [0.2, 0.25) is 4.47 Å². The highest BCUT2D eigenvalue weighted by Gasteiger charge is 1.96. The van der Waals surface area contributed by atoms with Crippen molar-refractivity contribution in [3.63, 3.8) is 0 Å². The van der Waals surface area contributed by atoms with Crippen molar-refractivity contribution in [1.29, 1.82) is 0 Å². The Balaban J connectivity index is 2.59. The minimum absolute atomic E-state index is 0.449. The summed E-state index contributed by atoms with van der Waals surface area (Å²) in [5, 5.41) is 0. The predicted molar refractivity (Wildman–Crippen MR) is 45.6 cm³/mol. The van der Waals surface area contributed by atoms with E-state index < -0.39 is 4.47 Å². The van der Waals surface area contributed by atoms with Gasteiger partial charge in [0.25, 0.3) is 0 Å². The van der Waals surface area contributed by atoms with Crippen LogP contribution in [-0.2, 0) is 0 Å². The molecule has 3 heteroatoms. The molecule has 0 bridgehead atoms. The van der Waals surface area contributed by atoms with E-state index in [1.54, 1.807) is 0 Å². The first kappa shape index (κ1) is 7.89. The number of hydrogen-bond acceptors (Lipinski definition) is 1. The lowest BCUT2D eigenvalue weighted by Gasteiger charge is -2.04. The summed E-state index contributed by atoms with van der Waals surface area (Å²) in [6.07, 6.45) is 0. The zero-order valence-electron chi connectivity index (χ0n) is 5.13. The molecule has 1 aromatic carbocycles. The summed E-state index contributed by atoms with van der Waals surface area (Å²) in [6, 6.07) is 9.39. The van der Waals surface area contributed by atoms with Gasteiger partial charge in [0.1, 0.15) is 5.75 Å². The van der Waals surface area contributed by atoms with Crippen LogP contribution in [0.4, 0.5) is 0 Å². The Kier molecular flexibility index (Phi) is 3.03. The Bertz CT molecular complexity index is 188. The first-order valence-electron chi connectivity index (χ1n) is 2.79. The van der Waals surface area contributed by atoms with Crippen molar-refractivity contribution in [2.24, 2.45) is 0 Å². The van der Waals surface area contributed by atoms with E-state index in [1.165, 1.54) is 0 Å². The van der Waals surface area contributed by atoms with E-state index in [2.05, 4.69) is 15.9 Å². The number of para-hydroxylation sites is 1. The van der Waals surface area contributed by atoms with E-state index >= 15 is 0 Å². The molecule has 0 saturated carbocycles.